The molecule has 0 aliphatic heterocycles. The van der Waals surface area contributed by atoms with Gasteiger partial charge in [0, 0.05) is 11.3 Å². The van der Waals surface area contributed by atoms with Crippen molar-refractivity contribution in [2.75, 3.05) is 12.8 Å². The number of benzene rings is 1. The van der Waals surface area contributed by atoms with Crippen molar-refractivity contribution < 1.29 is 19.1 Å². The molecule has 20 heavy (non-hydrogen) atoms. The largest absolute Gasteiger partial charge is 0.467 e. The van der Waals surface area contributed by atoms with Crippen LogP contribution in [0, 0.1) is 0 Å². The van der Waals surface area contributed by atoms with E-state index in [-0.39, 0.29) is 11.3 Å². The lowest BCUT2D eigenvalue weighted by Gasteiger charge is -2.30. The van der Waals surface area contributed by atoms with Gasteiger partial charge in [0.1, 0.15) is 5.60 Å². The first-order valence-corrected chi connectivity index (χ1v) is 6.08. The lowest BCUT2D eigenvalue weighted by atomic mass is 9.89. The molecule has 1 unspecified atom stereocenters. The van der Waals surface area contributed by atoms with Gasteiger partial charge in [-0.05, 0) is 26.8 Å². The molecule has 0 spiro atoms. The minimum Gasteiger partial charge on any atom is -0.467 e. The predicted molar refractivity (Wildman–Crippen MR) is 74.6 cm³/mol. The third-order valence-electron chi connectivity index (χ3n) is 2.61. The summed E-state index contributed by atoms with van der Waals surface area (Å²) in [6.45, 7) is 5.03. The van der Waals surface area contributed by atoms with E-state index in [0.29, 0.717) is 0 Å². The molecule has 0 saturated heterocycles. The Morgan fingerprint density at radius 3 is 2.10 bits per heavy atom. The monoisotopic (exact) mass is 280 g/mol. The van der Waals surface area contributed by atoms with Crippen LogP contribution in [0.4, 0.5) is 5.69 Å². The van der Waals surface area contributed by atoms with Gasteiger partial charge in [-0.2, -0.15) is 0 Å². The molecule has 0 aliphatic rings. The number of nitrogen functional groups attached to an aromatic ring is 1. The number of hydrogen-bond donors (Lipinski definition) is 2. The van der Waals surface area contributed by atoms with Crippen LogP contribution < -0.4 is 11.5 Å². The van der Waals surface area contributed by atoms with Crippen LogP contribution in [0.5, 0.6) is 0 Å². The van der Waals surface area contributed by atoms with Gasteiger partial charge >= 0.3 is 11.9 Å². The average Bonchev–Trinajstić information content (AvgIpc) is 2.35. The molecule has 0 fully saturated rings. The maximum absolute atomic E-state index is 12.3. The molecule has 1 aromatic rings. The number of anilines is 1. The molecule has 0 heterocycles. The molecule has 6 heteroatoms. The van der Waals surface area contributed by atoms with E-state index in [1.165, 1.54) is 6.07 Å². The molecular formula is C14H20N2O4. The fourth-order valence-corrected chi connectivity index (χ4v) is 1.68. The van der Waals surface area contributed by atoms with Crippen LogP contribution in [0.15, 0.2) is 24.3 Å². The van der Waals surface area contributed by atoms with E-state index in [2.05, 4.69) is 4.74 Å². The highest BCUT2D eigenvalue weighted by atomic mass is 16.6. The second-order valence-corrected chi connectivity index (χ2v) is 5.39. The summed E-state index contributed by atoms with van der Waals surface area (Å²) in [7, 11) is 1.15. The van der Waals surface area contributed by atoms with E-state index in [1.54, 1.807) is 39.0 Å². The summed E-state index contributed by atoms with van der Waals surface area (Å²) in [4.78, 5) is 24.3. The zero-order valence-electron chi connectivity index (χ0n) is 12.1. The van der Waals surface area contributed by atoms with E-state index in [9.17, 15) is 9.59 Å². The first-order chi connectivity index (χ1) is 9.13. The van der Waals surface area contributed by atoms with Crippen molar-refractivity contribution in [2.45, 2.75) is 31.9 Å². The molecule has 0 radical (unpaired) electrons. The van der Waals surface area contributed by atoms with E-state index in [4.69, 9.17) is 16.2 Å². The van der Waals surface area contributed by atoms with Gasteiger partial charge in [0.2, 0.25) is 5.54 Å². The van der Waals surface area contributed by atoms with Crippen LogP contribution in [0.3, 0.4) is 0 Å². The lowest BCUT2D eigenvalue weighted by molar-refractivity contribution is -0.171. The topological polar surface area (TPSA) is 105 Å². The van der Waals surface area contributed by atoms with E-state index >= 15 is 0 Å². The van der Waals surface area contributed by atoms with Gasteiger partial charge in [0.05, 0.1) is 7.11 Å². The van der Waals surface area contributed by atoms with Gasteiger partial charge in [-0.3, -0.25) is 0 Å². The maximum Gasteiger partial charge on any atom is 0.343 e. The van der Waals surface area contributed by atoms with Crippen molar-refractivity contribution >= 4 is 17.6 Å². The number of rotatable bonds is 3. The molecule has 1 aromatic carbocycles. The Kier molecular flexibility index (Phi) is 4.39. The van der Waals surface area contributed by atoms with Crippen molar-refractivity contribution in [1.29, 1.82) is 0 Å². The molecule has 0 saturated carbocycles. The van der Waals surface area contributed by atoms with Crippen molar-refractivity contribution in [3.05, 3.63) is 29.8 Å². The van der Waals surface area contributed by atoms with Gasteiger partial charge in [-0.1, -0.05) is 18.2 Å². The van der Waals surface area contributed by atoms with Crippen LogP contribution in [0.2, 0.25) is 0 Å². The summed E-state index contributed by atoms with van der Waals surface area (Å²) >= 11 is 0. The molecule has 4 N–H and O–H groups in total. The molecule has 0 aromatic heterocycles. The highest BCUT2D eigenvalue weighted by Crippen LogP contribution is 2.28. The van der Waals surface area contributed by atoms with Crippen molar-refractivity contribution in [3.63, 3.8) is 0 Å². The minimum absolute atomic E-state index is 0.154. The maximum atomic E-state index is 12.3. The number of nitrogens with two attached hydrogens (primary N) is 2. The molecule has 1 atom stereocenters. The van der Waals surface area contributed by atoms with Crippen LogP contribution in [-0.2, 0) is 24.6 Å². The standard InChI is InChI=1S/C14H20N2O4/c1-13(2,3)20-12(18)14(16,11(17)19-4)9-7-5-6-8-10(9)15/h5-8H,15-16H2,1-4H3. The number of hydrogen-bond acceptors (Lipinski definition) is 6. The Bertz CT molecular complexity index is 522. The van der Waals surface area contributed by atoms with Crippen molar-refractivity contribution in [1.82, 2.24) is 0 Å². The van der Waals surface area contributed by atoms with Gasteiger partial charge in [-0.15, -0.1) is 0 Å². The fourth-order valence-electron chi connectivity index (χ4n) is 1.68. The Hall–Kier alpha value is -2.08. The second kappa shape index (κ2) is 5.50. The average molecular weight is 280 g/mol. The molecule has 110 valence electrons. The quantitative estimate of drug-likeness (QED) is 0.485. The van der Waals surface area contributed by atoms with Crippen LogP contribution in [0.25, 0.3) is 0 Å². The van der Waals surface area contributed by atoms with Gasteiger partial charge in [-0.25, -0.2) is 9.59 Å². The predicted octanol–water partition coefficient (Wildman–Crippen LogP) is 0.937. The molecule has 6 nitrogen and oxygen atoms in total. The molecule has 0 aliphatic carbocycles. The lowest BCUT2D eigenvalue weighted by Crippen LogP contribution is -2.55. The zero-order valence-corrected chi connectivity index (χ0v) is 12.1. The number of esters is 2. The van der Waals surface area contributed by atoms with E-state index in [0.717, 1.165) is 7.11 Å². The van der Waals surface area contributed by atoms with Crippen LogP contribution in [0.1, 0.15) is 26.3 Å². The Morgan fingerprint density at radius 2 is 1.65 bits per heavy atom. The smallest absolute Gasteiger partial charge is 0.343 e. The fraction of sp³-hybridized carbons (Fsp3) is 0.429. The minimum atomic E-state index is -2.09. The van der Waals surface area contributed by atoms with Crippen LogP contribution in [-0.4, -0.2) is 24.6 Å². The van der Waals surface area contributed by atoms with Crippen LogP contribution >= 0.6 is 0 Å². The summed E-state index contributed by atoms with van der Waals surface area (Å²) in [5.74, 6) is -1.83. The normalized spacial score (nSPS) is 14.2. The first kappa shape index (κ1) is 16.0. The molecular weight excluding hydrogens is 260 g/mol. The summed E-state index contributed by atoms with van der Waals surface area (Å²) < 4.78 is 9.86. The van der Waals surface area contributed by atoms with Gasteiger partial charge < -0.3 is 20.9 Å². The second-order valence-electron chi connectivity index (χ2n) is 5.39. The first-order valence-electron chi connectivity index (χ1n) is 6.08. The Labute approximate surface area is 118 Å². The van der Waals surface area contributed by atoms with E-state index in [1.807, 2.05) is 0 Å². The number of para-hydroxylation sites is 1. The SMILES string of the molecule is COC(=O)C(N)(C(=O)OC(C)(C)C)c1ccccc1N. The Morgan fingerprint density at radius 1 is 1.10 bits per heavy atom. The number of carbonyl (C=O) groups excluding carboxylic acids is 2. The number of carbonyl (C=O) groups is 2. The van der Waals surface area contributed by atoms with Crippen molar-refractivity contribution in [2.24, 2.45) is 5.73 Å². The van der Waals surface area contributed by atoms with Gasteiger partial charge in [0.15, 0.2) is 0 Å². The zero-order chi connectivity index (χ0) is 15.6. The summed E-state index contributed by atoms with van der Waals surface area (Å²) in [5, 5.41) is 0. The third-order valence-corrected chi connectivity index (χ3v) is 2.61. The summed E-state index contributed by atoms with van der Waals surface area (Å²) in [5.41, 5.74) is 9.29. The number of ether oxygens (including phenoxy) is 2. The highest BCUT2D eigenvalue weighted by Gasteiger charge is 2.49. The summed E-state index contributed by atoms with van der Waals surface area (Å²) in [6.07, 6.45) is 0. The third kappa shape index (κ3) is 3.08. The molecule has 0 amide bonds. The highest BCUT2D eigenvalue weighted by molar-refractivity contribution is 6.06. The van der Waals surface area contributed by atoms with Gasteiger partial charge in [0.25, 0.3) is 0 Å². The van der Waals surface area contributed by atoms with E-state index < -0.39 is 23.1 Å². The molecule has 0 bridgehead atoms. The number of methoxy groups -OCH3 is 1. The van der Waals surface area contributed by atoms with Crippen molar-refractivity contribution in [3.8, 4) is 0 Å². The summed E-state index contributed by atoms with van der Waals surface area (Å²) in [6, 6.07) is 6.34. The Balaban J connectivity index is 3.35. The molecule has 1 rings (SSSR count).